The molecular formula is C14H17BrN2S. The summed E-state index contributed by atoms with van der Waals surface area (Å²) in [5.74, 6) is 0. The molecule has 0 aliphatic carbocycles. The summed E-state index contributed by atoms with van der Waals surface area (Å²) >= 11 is 5.36. The van der Waals surface area contributed by atoms with E-state index in [0.29, 0.717) is 6.04 Å². The fourth-order valence-electron chi connectivity index (χ4n) is 1.92. The van der Waals surface area contributed by atoms with Gasteiger partial charge in [-0.1, -0.05) is 34.1 Å². The number of hydrogen-bond donors (Lipinski definition) is 1. The summed E-state index contributed by atoms with van der Waals surface area (Å²) in [6, 6.07) is 8.65. The molecule has 1 heterocycles. The maximum atomic E-state index is 4.45. The maximum absolute atomic E-state index is 4.45. The Bertz CT molecular complexity index is 536. The van der Waals surface area contributed by atoms with Crippen molar-refractivity contribution in [3.05, 3.63) is 49.9 Å². The zero-order valence-corrected chi connectivity index (χ0v) is 13.2. The molecule has 0 fully saturated rings. The van der Waals surface area contributed by atoms with Gasteiger partial charge in [-0.3, -0.25) is 0 Å². The van der Waals surface area contributed by atoms with Gasteiger partial charge in [0.15, 0.2) is 0 Å². The van der Waals surface area contributed by atoms with Crippen molar-refractivity contribution >= 4 is 27.3 Å². The van der Waals surface area contributed by atoms with Crippen molar-refractivity contribution in [3.8, 4) is 0 Å². The van der Waals surface area contributed by atoms with Gasteiger partial charge in [0.2, 0.25) is 0 Å². The molecule has 1 aromatic carbocycles. The van der Waals surface area contributed by atoms with E-state index in [4.69, 9.17) is 0 Å². The van der Waals surface area contributed by atoms with Crippen molar-refractivity contribution in [2.24, 2.45) is 0 Å². The molecule has 96 valence electrons. The zero-order chi connectivity index (χ0) is 13.1. The van der Waals surface area contributed by atoms with E-state index in [9.17, 15) is 0 Å². The van der Waals surface area contributed by atoms with Gasteiger partial charge in [0.25, 0.3) is 0 Å². The smallest absolute Gasteiger partial charge is 0.0900 e. The molecule has 0 spiro atoms. The van der Waals surface area contributed by atoms with Gasteiger partial charge in [-0.2, -0.15) is 0 Å². The number of aryl methyl sites for hydroxylation is 2. The summed E-state index contributed by atoms with van der Waals surface area (Å²) in [5.41, 5.74) is 2.43. The van der Waals surface area contributed by atoms with E-state index in [1.807, 2.05) is 6.07 Å². The molecule has 0 bridgehead atoms. The van der Waals surface area contributed by atoms with Gasteiger partial charge >= 0.3 is 0 Å². The van der Waals surface area contributed by atoms with Crippen molar-refractivity contribution in [1.29, 1.82) is 0 Å². The van der Waals surface area contributed by atoms with Crippen molar-refractivity contribution in [2.75, 3.05) is 0 Å². The highest BCUT2D eigenvalue weighted by atomic mass is 79.9. The Hall–Kier alpha value is -0.710. The number of thiazole rings is 1. The number of nitrogens with one attached hydrogen (secondary N) is 1. The van der Waals surface area contributed by atoms with Crippen LogP contribution in [0.5, 0.6) is 0 Å². The third-order valence-corrected chi connectivity index (χ3v) is 4.74. The molecule has 2 nitrogen and oxygen atoms in total. The van der Waals surface area contributed by atoms with Crippen LogP contribution in [0, 0.1) is 13.8 Å². The first-order valence-corrected chi connectivity index (χ1v) is 7.59. The molecule has 0 saturated heterocycles. The molecule has 2 rings (SSSR count). The van der Waals surface area contributed by atoms with Crippen LogP contribution in [0.1, 0.15) is 34.1 Å². The minimum atomic E-state index is 0.322. The molecule has 1 N–H and O–H groups in total. The zero-order valence-electron chi connectivity index (χ0n) is 10.8. The first-order valence-electron chi connectivity index (χ1n) is 5.98. The number of benzene rings is 1. The van der Waals surface area contributed by atoms with Crippen LogP contribution in [0.4, 0.5) is 0 Å². The summed E-state index contributed by atoms with van der Waals surface area (Å²) in [7, 11) is 0. The molecule has 0 amide bonds. The van der Waals surface area contributed by atoms with Crippen LogP contribution in [0.15, 0.2) is 28.7 Å². The molecule has 0 radical (unpaired) electrons. The van der Waals surface area contributed by atoms with Crippen molar-refractivity contribution < 1.29 is 0 Å². The lowest BCUT2D eigenvalue weighted by Crippen LogP contribution is -2.18. The van der Waals surface area contributed by atoms with E-state index in [-0.39, 0.29) is 0 Å². The fourth-order valence-corrected chi connectivity index (χ4v) is 3.44. The average Bonchev–Trinajstić information content (AvgIpc) is 2.65. The largest absolute Gasteiger partial charge is 0.305 e. The van der Waals surface area contributed by atoms with Crippen molar-refractivity contribution in [3.63, 3.8) is 0 Å². The maximum Gasteiger partial charge on any atom is 0.0900 e. The Morgan fingerprint density at radius 2 is 2.06 bits per heavy atom. The van der Waals surface area contributed by atoms with Crippen LogP contribution in [0.3, 0.4) is 0 Å². The molecule has 0 unspecified atom stereocenters. The van der Waals surface area contributed by atoms with Gasteiger partial charge in [0.05, 0.1) is 10.7 Å². The molecule has 0 aliphatic rings. The van der Waals surface area contributed by atoms with E-state index < -0.39 is 0 Å². The van der Waals surface area contributed by atoms with Crippen LogP contribution in [0.2, 0.25) is 0 Å². The molecule has 0 saturated carbocycles. The Morgan fingerprint density at radius 3 is 2.67 bits per heavy atom. The first-order chi connectivity index (χ1) is 8.58. The number of hydrogen-bond acceptors (Lipinski definition) is 3. The third kappa shape index (κ3) is 3.19. The highest BCUT2D eigenvalue weighted by Crippen LogP contribution is 2.24. The normalized spacial score (nSPS) is 12.7. The molecule has 0 aliphatic heterocycles. The highest BCUT2D eigenvalue weighted by molar-refractivity contribution is 9.10. The fraction of sp³-hybridized carbons (Fsp3) is 0.357. The second-order valence-electron chi connectivity index (χ2n) is 4.37. The minimum Gasteiger partial charge on any atom is -0.305 e. The topological polar surface area (TPSA) is 24.9 Å². The Labute approximate surface area is 121 Å². The summed E-state index contributed by atoms with van der Waals surface area (Å²) in [5, 5.41) is 4.69. The van der Waals surface area contributed by atoms with Crippen LogP contribution in [0.25, 0.3) is 0 Å². The monoisotopic (exact) mass is 324 g/mol. The van der Waals surface area contributed by atoms with E-state index in [2.05, 4.69) is 65.2 Å². The second-order valence-corrected chi connectivity index (χ2v) is 6.51. The molecule has 2 aromatic rings. The summed E-state index contributed by atoms with van der Waals surface area (Å²) in [4.78, 5) is 5.77. The quantitative estimate of drug-likeness (QED) is 0.903. The summed E-state index contributed by atoms with van der Waals surface area (Å²) < 4.78 is 1.15. The van der Waals surface area contributed by atoms with E-state index in [0.717, 1.165) is 21.7 Å². The highest BCUT2D eigenvalue weighted by Gasteiger charge is 2.10. The molecule has 4 heteroatoms. The second kappa shape index (κ2) is 5.95. The third-order valence-electron chi connectivity index (χ3n) is 2.94. The Kier molecular flexibility index (Phi) is 4.54. The number of nitrogens with zero attached hydrogens (tertiary/aromatic N) is 1. The molecular weight excluding hydrogens is 308 g/mol. The van der Waals surface area contributed by atoms with Gasteiger partial charge in [0, 0.05) is 21.9 Å². The molecule has 1 atom stereocenters. The number of rotatable bonds is 4. The Morgan fingerprint density at radius 1 is 1.33 bits per heavy atom. The predicted molar refractivity (Wildman–Crippen MR) is 81.0 cm³/mol. The van der Waals surface area contributed by atoms with Gasteiger partial charge in [-0.15, -0.1) is 11.3 Å². The predicted octanol–water partition coefficient (Wildman–Crippen LogP) is 4.37. The Balaban J connectivity index is 2.03. The van der Waals surface area contributed by atoms with Crippen LogP contribution < -0.4 is 5.32 Å². The van der Waals surface area contributed by atoms with Gasteiger partial charge in [-0.05, 0) is 32.4 Å². The van der Waals surface area contributed by atoms with E-state index >= 15 is 0 Å². The van der Waals surface area contributed by atoms with Crippen LogP contribution in [-0.4, -0.2) is 4.98 Å². The van der Waals surface area contributed by atoms with Gasteiger partial charge < -0.3 is 5.32 Å². The van der Waals surface area contributed by atoms with Crippen molar-refractivity contribution in [1.82, 2.24) is 10.3 Å². The van der Waals surface area contributed by atoms with Crippen LogP contribution in [-0.2, 0) is 6.54 Å². The lowest BCUT2D eigenvalue weighted by Gasteiger charge is -2.15. The number of halogens is 1. The number of aromatic nitrogens is 1. The first kappa shape index (κ1) is 13.7. The standard InChI is InChI=1S/C14H17BrN2S/c1-9(12-6-4-5-7-13(12)15)16-8-14-10(2)17-11(3)18-14/h4-7,9,16H,8H2,1-3H3/t9-/m1/s1. The lowest BCUT2D eigenvalue weighted by molar-refractivity contribution is 0.575. The van der Waals surface area contributed by atoms with Gasteiger partial charge in [-0.25, -0.2) is 4.98 Å². The summed E-state index contributed by atoms with van der Waals surface area (Å²) in [6.07, 6.45) is 0. The van der Waals surface area contributed by atoms with Crippen LogP contribution >= 0.6 is 27.3 Å². The van der Waals surface area contributed by atoms with E-state index in [1.54, 1.807) is 11.3 Å². The molecule has 1 aromatic heterocycles. The van der Waals surface area contributed by atoms with Crippen molar-refractivity contribution in [2.45, 2.75) is 33.4 Å². The molecule has 18 heavy (non-hydrogen) atoms. The lowest BCUT2D eigenvalue weighted by atomic mass is 10.1. The van der Waals surface area contributed by atoms with Gasteiger partial charge in [0.1, 0.15) is 0 Å². The SMILES string of the molecule is Cc1nc(C)c(CN[C@H](C)c2ccccc2Br)s1. The average molecular weight is 325 g/mol. The summed E-state index contributed by atoms with van der Waals surface area (Å²) in [6.45, 7) is 7.19. The van der Waals surface area contributed by atoms with E-state index in [1.165, 1.54) is 10.4 Å². The minimum absolute atomic E-state index is 0.322.